The minimum atomic E-state index is -0.199. The molecule has 0 N–H and O–H groups in total. The van der Waals surface area contributed by atoms with E-state index in [0.29, 0.717) is 5.57 Å². The molecule has 0 fully saturated rings. The summed E-state index contributed by atoms with van der Waals surface area (Å²) in [5, 5.41) is 15.2. The highest BCUT2D eigenvalue weighted by Gasteiger charge is 2.44. The molecule has 0 radical (unpaired) electrons. The van der Waals surface area contributed by atoms with E-state index in [1.807, 2.05) is 11.3 Å². The predicted molar refractivity (Wildman–Crippen MR) is 179 cm³/mol. The van der Waals surface area contributed by atoms with Crippen LogP contribution < -0.4 is 4.74 Å². The van der Waals surface area contributed by atoms with Crippen LogP contribution in [0.5, 0.6) is 5.75 Å². The molecular formula is C39H28N2OS. The highest BCUT2D eigenvalue weighted by molar-refractivity contribution is 7.26. The topological polar surface area (TPSA) is 38.0 Å². The van der Waals surface area contributed by atoms with Crippen LogP contribution >= 0.6 is 11.3 Å². The van der Waals surface area contributed by atoms with Gasteiger partial charge < -0.3 is 9.30 Å². The summed E-state index contributed by atoms with van der Waals surface area (Å²) < 4.78 is 11.4. The zero-order chi connectivity index (χ0) is 28.9. The maximum atomic E-state index is 10.1. The number of thiophene rings is 1. The van der Waals surface area contributed by atoms with E-state index in [-0.39, 0.29) is 23.4 Å². The van der Waals surface area contributed by atoms with Gasteiger partial charge in [0.15, 0.2) is 0 Å². The zero-order valence-electron chi connectivity index (χ0n) is 23.9. The molecule has 2 aromatic heterocycles. The maximum absolute atomic E-state index is 10.1. The van der Waals surface area contributed by atoms with Gasteiger partial charge in [-0.3, -0.25) is 0 Å². The zero-order valence-corrected chi connectivity index (χ0v) is 24.7. The molecule has 3 heterocycles. The molecule has 3 aliphatic rings. The molecule has 4 aromatic carbocycles. The molecule has 4 unspecified atom stereocenters. The van der Waals surface area contributed by atoms with Crippen molar-refractivity contribution in [2.45, 2.75) is 31.3 Å². The summed E-state index contributed by atoms with van der Waals surface area (Å²) in [5.41, 5.74) is 6.47. The number of para-hydroxylation sites is 1. The monoisotopic (exact) mass is 572 g/mol. The minimum absolute atomic E-state index is 0.00711. The molecule has 4 heteroatoms. The lowest BCUT2D eigenvalue weighted by Crippen LogP contribution is -2.33. The van der Waals surface area contributed by atoms with Gasteiger partial charge in [0.2, 0.25) is 0 Å². The lowest BCUT2D eigenvalue weighted by Gasteiger charge is -2.31. The van der Waals surface area contributed by atoms with E-state index in [2.05, 4.69) is 140 Å². The molecule has 0 amide bonds. The number of hydrogen-bond acceptors (Lipinski definition) is 3. The third kappa shape index (κ3) is 3.34. The van der Waals surface area contributed by atoms with Gasteiger partial charge in [0.25, 0.3) is 0 Å². The maximum Gasteiger partial charge on any atom is 0.130 e. The van der Waals surface area contributed by atoms with Gasteiger partial charge in [0, 0.05) is 48.1 Å². The molecule has 6 aromatic rings. The smallest absolute Gasteiger partial charge is 0.130 e. The molecule has 1 aliphatic heterocycles. The average molecular weight is 573 g/mol. The number of aromatic nitrogens is 1. The number of benzene rings is 4. The van der Waals surface area contributed by atoms with Gasteiger partial charge in [0.05, 0.1) is 28.1 Å². The van der Waals surface area contributed by atoms with Crippen LogP contribution in [0.25, 0.3) is 47.7 Å². The van der Waals surface area contributed by atoms with Crippen molar-refractivity contribution in [1.29, 1.82) is 5.26 Å². The summed E-state index contributed by atoms with van der Waals surface area (Å²) in [5.74, 6) is 1.15. The van der Waals surface area contributed by atoms with E-state index in [0.717, 1.165) is 11.4 Å². The Morgan fingerprint density at radius 3 is 2.63 bits per heavy atom. The first-order valence-electron chi connectivity index (χ1n) is 14.9. The number of allylic oxidation sites excluding steroid dienone is 6. The van der Waals surface area contributed by atoms with Gasteiger partial charge in [-0.15, -0.1) is 11.3 Å². The molecule has 0 saturated heterocycles. The van der Waals surface area contributed by atoms with E-state index >= 15 is 0 Å². The Morgan fingerprint density at radius 1 is 0.907 bits per heavy atom. The summed E-state index contributed by atoms with van der Waals surface area (Å²) >= 11 is 1.87. The SMILES string of the molecule is CC1C=C(C#N)C=C(n2c3ccccc3c3c4sc5ccccc5c4ccc32)C1c1ccc2c(c1)C1(C)C=CC=CC1O2. The van der Waals surface area contributed by atoms with Crippen molar-refractivity contribution in [3.63, 3.8) is 0 Å². The van der Waals surface area contributed by atoms with E-state index in [9.17, 15) is 5.26 Å². The lowest BCUT2D eigenvalue weighted by atomic mass is 9.74. The highest BCUT2D eigenvalue weighted by atomic mass is 32.1. The van der Waals surface area contributed by atoms with Crippen molar-refractivity contribution in [2.75, 3.05) is 0 Å². The normalized spacial score (nSPS) is 24.2. The van der Waals surface area contributed by atoms with Crippen molar-refractivity contribution < 1.29 is 4.74 Å². The Labute approximate surface area is 253 Å². The van der Waals surface area contributed by atoms with Gasteiger partial charge in [0.1, 0.15) is 11.9 Å². The summed E-state index contributed by atoms with van der Waals surface area (Å²) in [6.07, 6.45) is 12.9. The number of nitrogens with zero attached hydrogens (tertiary/aromatic N) is 2. The summed E-state index contributed by atoms with van der Waals surface area (Å²) in [6, 6.07) is 31.2. The van der Waals surface area contributed by atoms with Crippen molar-refractivity contribution in [2.24, 2.45) is 5.92 Å². The van der Waals surface area contributed by atoms with Crippen LogP contribution in [0.1, 0.15) is 30.9 Å². The molecule has 2 aliphatic carbocycles. The Bertz CT molecular complexity index is 2340. The first-order chi connectivity index (χ1) is 21.0. The van der Waals surface area contributed by atoms with Crippen LogP contribution in [0.15, 0.2) is 121 Å². The lowest BCUT2D eigenvalue weighted by molar-refractivity contribution is 0.228. The quantitative estimate of drug-likeness (QED) is 0.207. The Hall–Kier alpha value is -4.85. The predicted octanol–water partition coefficient (Wildman–Crippen LogP) is 10.0. The highest BCUT2D eigenvalue weighted by Crippen LogP contribution is 2.51. The third-order valence-electron chi connectivity index (χ3n) is 9.79. The molecule has 43 heavy (non-hydrogen) atoms. The molecule has 9 rings (SSSR count). The first kappa shape index (κ1) is 24.7. The molecule has 0 spiro atoms. The fraction of sp³-hybridized carbons (Fsp3) is 0.154. The van der Waals surface area contributed by atoms with Gasteiger partial charge in [-0.25, -0.2) is 0 Å². The first-order valence-corrected chi connectivity index (χ1v) is 15.7. The van der Waals surface area contributed by atoms with Crippen LogP contribution in [0.3, 0.4) is 0 Å². The molecule has 206 valence electrons. The molecule has 3 nitrogen and oxygen atoms in total. The fourth-order valence-electron chi connectivity index (χ4n) is 7.73. The molecule has 0 saturated carbocycles. The van der Waals surface area contributed by atoms with E-state index in [4.69, 9.17) is 4.74 Å². The van der Waals surface area contributed by atoms with Crippen molar-refractivity contribution in [1.82, 2.24) is 4.57 Å². The standard InChI is InChI=1S/C39H28N2OS/c1-23-19-24(22-40)20-32(36(23)25-14-17-33-29(21-25)39(2)18-8-7-13-35(39)42-33)41-30-11-5-3-10-28(30)37-31(41)16-15-27-26-9-4-6-12-34(26)43-38(27)37/h3-21,23,35-36H,1-2H3. The van der Waals surface area contributed by atoms with E-state index in [1.54, 1.807) is 0 Å². The minimum Gasteiger partial charge on any atom is -0.485 e. The Kier molecular flexibility index (Phi) is 5.08. The number of hydrogen-bond donors (Lipinski definition) is 0. The Morgan fingerprint density at radius 2 is 1.74 bits per heavy atom. The Balaban J connectivity index is 1.31. The van der Waals surface area contributed by atoms with Crippen molar-refractivity contribution >= 4 is 59.0 Å². The second-order valence-corrected chi connectivity index (χ2v) is 13.3. The van der Waals surface area contributed by atoms with Gasteiger partial charge in [-0.1, -0.05) is 85.8 Å². The van der Waals surface area contributed by atoms with E-state index < -0.39 is 0 Å². The van der Waals surface area contributed by atoms with Crippen LogP contribution in [0.4, 0.5) is 0 Å². The fourth-order valence-corrected chi connectivity index (χ4v) is 8.99. The van der Waals surface area contributed by atoms with E-state index in [1.165, 1.54) is 53.1 Å². The van der Waals surface area contributed by atoms with Crippen LogP contribution in [-0.2, 0) is 5.41 Å². The van der Waals surface area contributed by atoms with Crippen molar-refractivity contribution in [3.8, 4) is 11.8 Å². The summed E-state index contributed by atoms with van der Waals surface area (Å²) in [4.78, 5) is 0. The largest absolute Gasteiger partial charge is 0.485 e. The van der Waals surface area contributed by atoms with Gasteiger partial charge >= 0.3 is 0 Å². The summed E-state index contributed by atoms with van der Waals surface area (Å²) in [7, 11) is 0. The molecule has 0 bridgehead atoms. The molecular weight excluding hydrogens is 545 g/mol. The second kappa shape index (κ2) is 8.83. The average Bonchev–Trinajstić information content (AvgIpc) is 3.67. The summed E-state index contributed by atoms with van der Waals surface area (Å²) in [6.45, 7) is 4.51. The third-order valence-corrected chi connectivity index (χ3v) is 11.0. The van der Waals surface area contributed by atoms with Crippen LogP contribution in [0, 0.1) is 17.2 Å². The second-order valence-electron chi connectivity index (χ2n) is 12.2. The molecule has 4 atom stereocenters. The number of rotatable bonds is 2. The number of fused-ring (bicyclic) bond motifs is 10. The van der Waals surface area contributed by atoms with Gasteiger partial charge in [-0.2, -0.15) is 5.26 Å². The van der Waals surface area contributed by atoms with Crippen molar-refractivity contribution in [3.05, 3.63) is 132 Å². The number of ether oxygens (including phenoxy) is 1. The van der Waals surface area contributed by atoms with Gasteiger partial charge in [-0.05, 0) is 54.8 Å². The van der Waals surface area contributed by atoms with Crippen LogP contribution in [-0.4, -0.2) is 10.7 Å². The number of nitriles is 1. The van der Waals surface area contributed by atoms with Crippen LogP contribution in [0.2, 0.25) is 0 Å².